The van der Waals surface area contributed by atoms with Gasteiger partial charge in [-0.05, 0) is 58.4 Å². The molecule has 0 aliphatic carbocycles. The Labute approximate surface area is 230 Å². The highest BCUT2D eigenvalue weighted by Crippen LogP contribution is 2.33. The molecule has 0 radical (unpaired) electrons. The third-order valence-electron chi connectivity index (χ3n) is 5.36. The molecule has 0 fully saturated rings. The molecule has 0 unspecified atom stereocenters. The normalized spacial score (nSPS) is 11.3. The zero-order chi connectivity index (χ0) is 26.5. The van der Waals surface area contributed by atoms with Crippen LogP contribution in [-0.4, -0.2) is 35.5 Å². The number of halogens is 2. The fourth-order valence-electron chi connectivity index (χ4n) is 3.56. The monoisotopic (exact) mass is 626 g/mol. The number of anilines is 1. The molecule has 4 rings (SSSR count). The van der Waals surface area contributed by atoms with Gasteiger partial charge < -0.3 is 14.8 Å². The van der Waals surface area contributed by atoms with Crippen molar-refractivity contribution < 1.29 is 14.3 Å². The van der Waals surface area contributed by atoms with Gasteiger partial charge in [-0.3, -0.25) is 9.59 Å². The molecule has 10 heteroatoms. The number of carbonyl (C=O) groups excluding carboxylic acids is 1. The van der Waals surface area contributed by atoms with E-state index in [4.69, 9.17) is 9.47 Å². The summed E-state index contributed by atoms with van der Waals surface area (Å²) in [5.41, 5.74) is 1.68. The molecule has 0 aliphatic heterocycles. The standard InChI is InChI=1S/C27H24Br2N4O4/c1-16(2)26-32-22-10-9-18(28)12-20(22)27(35)33(26)30-14-17-11-23(36-3)24(13-21(17)29)37-15-25(34)31-19-7-5-4-6-8-19/h4-14,16H,15H2,1-3H3,(H,31,34). The van der Waals surface area contributed by atoms with Crippen LogP contribution in [0.1, 0.15) is 31.2 Å². The van der Waals surface area contributed by atoms with Crippen LogP contribution in [0, 0.1) is 0 Å². The van der Waals surface area contributed by atoms with E-state index in [9.17, 15) is 9.59 Å². The first-order valence-electron chi connectivity index (χ1n) is 11.4. The van der Waals surface area contributed by atoms with E-state index in [-0.39, 0.29) is 24.0 Å². The maximum Gasteiger partial charge on any atom is 0.282 e. The van der Waals surface area contributed by atoms with Gasteiger partial charge in [-0.15, -0.1) is 0 Å². The molecular formula is C27H24Br2N4O4. The molecule has 0 spiro atoms. The Balaban J connectivity index is 1.60. The number of carbonyl (C=O) groups is 1. The summed E-state index contributed by atoms with van der Waals surface area (Å²) in [4.78, 5) is 30.2. The highest BCUT2D eigenvalue weighted by molar-refractivity contribution is 9.10. The van der Waals surface area contributed by atoms with Crippen LogP contribution in [0.3, 0.4) is 0 Å². The summed E-state index contributed by atoms with van der Waals surface area (Å²) in [5, 5.41) is 7.71. The third kappa shape index (κ3) is 6.26. The zero-order valence-corrected chi connectivity index (χ0v) is 23.5. The van der Waals surface area contributed by atoms with Gasteiger partial charge in [0.1, 0.15) is 5.82 Å². The molecule has 0 bridgehead atoms. The molecule has 0 aliphatic rings. The Morgan fingerprint density at radius 2 is 1.86 bits per heavy atom. The van der Waals surface area contributed by atoms with Gasteiger partial charge in [-0.25, -0.2) is 4.98 Å². The largest absolute Gasteiger partial charge is 0.493 e. The minimum atomic E-state index is -0.300. The molecule has 0 saturated carbocycles. The molecule has 190 valence electrons. The minimum Gasteiger partial charge on any atom is -0.493 e. The van der Waals surface area contributed by atoms with Gasteiger partial charge in [-0.2, -0.15) is 9.78 Å². The van der Waals surface area contributed by atoms with Crippen LogP contribution in [0.4, 0.5) is 5.69 Å². The highest BCUT2D eigenvalue weighted by Gasteiger charge is 2.15. The zero-order valence-electron chi connectivity index (χ0n) is 20.4. The molecule has 0 atom stereocenters. The van der Waals surface area contributed by atoms with Crippen molar-refractivity contribution in [2.75, 3.05) is 19.0 Å². The second-order valence-electron chi connectivity index (χ2n) is 8.38. The van der Waals surface area contributed by atoms with Gasteiger partial charge >= 0.3 is 0 Å². The van der Waals surface area contributed by atoms with Gasteiger partial charge in [0.2, 0.25) is 0 Å². The van der Waals surface area contributed by atoms with Crippen molar-refractivity contribution in [3.05, 3.63) is 91.4 Å². The lowest BCUT2D eigenvalue weighted by atomic mass is 10.2. The maximum atomic E-state index is 13.3. The van der Waals surface area contributed by atoms with Crippen molar-refractivity contribution >= 4 is 60.6 Å². The number of hydrogen-bond donors (Lipinski definition) is 1. The van der Waals surface area contributed by atoms with E-state index in [0.717, 1.165) is 4.47 Å². The maximum absolute atomic E-state index is 13.3. The summed E-state index contributed by atoms with van der Waals surface area (Å²) < 4.78 is 13.9. The lowest BCUT2D eigenvalue weighted by Crippen LogP contribution is -2.23. The van der Waals surface area contributed by atoms with Gasteiger partial charge in [-0.1, -0.05) is 48.0 Å². The molecule has 1 N–H and O–H groups in total. The summed E-state index contributed by atoms with van der Waals surface area (Å²) in [6.45, 7) is 3.71. The average Bonchev–Trinajstić information content (AvgIpc) is 2.88. The molecule has 1 amide bonds. The number of fused-ring (bicyclic) bond motifs is 1. The molecule has 1 heterocycles. The number of methoxy groups -OCH3 is 1. The van der Waals surface area contributed by atoms with Crippen LogP contribution >= 0.6 is 31.9 Å². The third-order valence-corrected chi connectivity index (χ3v) is 6.54. The summed E-state index contributed by atoms with van der Waals surface area (Å²) >= 11 is 6.94. The van der Waals surface area contributed by atoms with Crippen molar-refractivity contribution in [3.63, 3.8) is 0 Å². The Morgan fingerprint density at radius 3 is 2.57 bits per heavy atom. The van der Waals surface area contributed by atoms with Crippen LogP contribution in [0.15, 0.2) is 79.5 Å². The second kappa shape index (κ2) is 11.7. The van der Waals surface area contributed by atoms with E-state index in [1.807, 2.05) is 38.1 Å². The van der Waals surface area contributed by atoms with E-state index in [1.165, 1.54) is 11.8 Å². The van der Waals surface area contributed by atoms with E-state index in [2.05, 4.69) is 47.3 Å². The first-order chi connectivity index (χ1) is 17.8. The van der Waals surface area contributed by atoms with Crippen LogP contribution in [0.5, 0.6) is 11.5 Å². The number of amides is 1. The summed E-state index contributed by atoms with van der Waals surface area (Å²) in [7, 11) is 1.51. The first-order valence-corrected chi connectivity index (χ1v) is 13.0. The van der Waals surface area contributed by atoms with Gasteiger partial charge in [0.05, 0.1) is 24.2 Å². The van der Waals surface area contributed by atoms with Crippen LogP contribution < -0.4 is 20.3 Å². The van der Waals surface area contributed by atoms with Gasteiger partial charge in [0, 0.05) is 26.1 Å². The highest BCUT2D eigenvalue weighted by atomic mass is 79.9. The van der Waals surface area contributed by atoms with Crippen molar-refractivity contribution in [1.82, 2.24) is 9.66 Å². The number of hydrogen-bond acceptors (Lipinski definition) is 6. The lowest BCUT2D eigenvalue weighted by Gasteiger charge is -2.14. The predicted molar refractivity (Wildman–Crippen MR) is 152 cm³/mol. The van der Waals surface area contributed by atoms with Crippen molar-refractivity contribution in [2.45, 2.75) is 19.8 Å². The van der Waals surface area contributed by atoms with E-state index in [1.54, 1.807) is 42.6 Å². The minimum absolute atomic E-state index is 0.0336. The number of aromatic nitrogens is 2. The first kappa shape index (κ1) is 26.6. The van der Waals surface area contributed by atoms with Crippen molar-refractivity contribution in [3.8, 4) is 11.5 Å². The molecule has 8 nitrogen and oxygen atoms in total. The van der Waals surface area contributed by atoms with Gasteiger partial charge in [0.25, 0.3) is 11.5 Å². The summed E-state index contributed by atoms with van der Waals surface area (Å²) in [6, 6.07) is 17.9. The predicted octanol–water partition coefficient (Wildman–Crippen LogP) is 5.95. The summed E-state index contributed by atoms with van der Waals surface area (Å²) in [6.07, 6.45) is 1.55. The van der Waals surface area contributed by atoms with Crippen LogP contribution in [0.25, 0.3) is 10.9 Å². The molecule has 4 aromatic rings. The fraction of sp³-hybridized carbons (Fsp3) is 0.185. The molecule has 0 saturated heterocycles. The number of nitrogens with one attached hydrogen (secondary N) is 1. The topological polar surface area (TPSA) is 94.8 Å². The number of benzene rings is 3. The lowest BCUT2D eigenvalue weighted by molar-refractivity contribution is -0.118. The van der Waals surface area contributed by atoms with E-state index < -0.39 is 0 Å². The molecule has 37 heavy (non-hydrogen) atoms. The smallest absolute Gasteiger partial charge is 0.282 e. The van der Waals surface area contributed by atoms with Crippen molar-refractivity contribution in [1.29, 1.82) is 0 Å². The Morgan fingerprint density at radius 1 is 1.11 bits per heavy atom. The average molecular weight is 628 g/mol. The van der Waals surface area contributed by atoms with E-state index >= 15 is 0 Å². The van der Waals surface area contributed by atoms with Crippen LogP contribution in [-0.2, 0) is 4.79 Å². The molecule has 3 aromatic carbocycles. The Bertz CT molecular complexity index is 1540. The SMILES string of the molecule is COc1cc(C=Nn2c(C(C)C)nc3ccc(Br)cc3c2=O)c(Br)cc1OCC(=O)Nc1ccccc1. The van der Waals surface area contributed by atoms with Crippen molar-refractivity contribution in [2.24, 2.45) is 5.10 Å². The molecular weight excluding hydrogens is 604 g/mol. The second-order valence-corrected chi connectivity index (χ2v) is 10.1. The number of para-hydroxylation sites is 1. The number of ether oxygens (including phenoxy) is 2. The Kier molecular flexibility index (Phi) is 8.40. The number of rotatable bonds is 8. The quantitative estimate of drug-likeness (QED) is 0.244. The van der Waals surface area contributed by atoms with E-state index in [0.29, 0.717) is 43.9 Å². The number of nitrogens with zero attached hydrogens (tertiary/aromatic N) is 3. The summed E-state index contributed by atoms with van der Waals surface area (Å²) in [5.74, 6) is 1.00. The Hall–Kier alpha value is -3.50. The molecule has 1 aromatic heterocycles. The van der Waals surface area contributed by atoms with Crippen LogP contribution in [0.2, 0.25) is 0 Å². The fourth-order valence-corrected chi connectivity index (χ4v) is 4.34. The van der Waals surface area contributed by atoms with Gasteiger partial charge in [0.15, 0.2) is 18.1 Å².